The zero-order valence-electron chi connectivity index (χ0n) is 12.0. The van der Waals surface area contributed by atoms with Crippen LogP contribution in [0.4, 0.5) is 0 Å². The lowest BCUT2D eigenvalue weighted by molar-refractivity contribution is 0.459. The van der Waals surface area contributed by atoms with Gasteiger partial charge in [0.1, 0.15) is 5.76 Å². The minimum absolute atomic E-state index is 0. The fourth-order valence-corrected chi connectivity index (χ4v) is 2.17. The van der Waals surface area contributed by atoms with Gasteiger partial charge in [-0.15, -0.1) is 24.0 Å². The zero-order chi connectivity index (χ0) is 14.4. The summed E-state index contributed by atoms with van der Waals surface area (Å²) in [6.45, 7) is 1.43. The summed E-state index contributed by atoms with van der Waals surface area (Å²) in [6.07, 6.45) is 1.67. The van der Waals surface area contributed by atoms with Crippen molar-refractivity contribution in [3.05, 3.63) is 58.5 Å². The van der Waals surface area contributed by atoms with Gasteiger partial charge in [0.15, 0.2) is 5.96 Å². The molecule has 0 saturated carbocycles. The SMILES string of the molecule is CN=C(NCc1ccco1)N(C)Cc1ccc(Br)cc1.I. The Morgan fingerprint density at radius 3 is 2.57 bits per heavy atom. The third kappa shape index (κ3) is 5.70. The van der Waals surface area contributed by atoms with Crippen LogP contribution < -0.4 is 5.32 Å². The van der Waals surface area contributed by atoms with Crippen molar-refractivity contribution in [1.29, 1.82) is 0 Å². The van der Waals surface area contributed by atoms with Gasteiger partial charge in [-0.25, -0.2) is 0 Å². The van der Waals surface area contributed by atoms with Gasteiger partial charge >= 0.3 is 0 Å². The predicted octanol–water partition coefficient (Wildman–Crippen LogP) is 3.87. The number of rotatable bonds is 4. The minimum atomic E-state index is 0. The average molecular weight is 464 g/mol. The van der Waals surface area contributed by atoms with Gasteiger partial charge in [-0.2, -0.15) is 0 Å². The smallest absolute Gasteiger partial charge is 0.194 e. The molecule has 21 heavy (non-hydrogen) atoms. The summed E-state index contributed by atoms with van der Waals surface area (Å²) < 4.78 is 6.39. The van der Waals surface area contributed by atoms with E-state index >= 15 is 0 Å². The fraction of sp³-hybridized carbons (Fsp3) is 0.267. The number of nitrogens with zero attached hydrogens (tertiary/aromatic N) is 2. The van der Waals surface area contributed by atoms with Crippen LogP contribution in [0.5, 0.6) is 0 Å². The van der Waals surface area contributed by atoms with Crippen LogP contribution >= 0.6 is 39.9 Å². The molecule has 1 N–H and O–H groups in total. The third-order valence-electron chi connectivity index (χ3n) is 2.91. The van der Waals surface area contributed by atoms with Crippen molar-refractivity contribution in [3.63, 3.8) is 0 Å². The van der Waals surface area contributed by atoms with E-state index in [1.165, 1.54) is 5.56 Å². The normalized spacial score (nSPS) is 10.9. The van der Waals surface area contributed by atoms with E-state index in [0.29, 0.717) is 6.54 Å². The van der Waals surface area contributed by atoms with Crippen LogP contribution in [0.1, 0.15) is 11.3 Å². The van der Waals surface area contributed by atoms with Crippen molar-refractivity contribution in [3.8, 4) is 0 Å². The summed E-state index contributed by atoms with van der Waals surface area (Å²) in [4.78, 5) is 6.36. The highest BCUT2D eigenvalue weighted by atomic mass is 127. The molecular formula is C15H19BrIN3O. The fourth-order valence-electron chi connectivity index (χ4n) is 1.90. The Hall–Kier alpha value is -1.02. The van der Waals surface area contributed by atoms with Gasteiger partial charge in [0, 0.05) is 25.1 Å². The Kier molecular flexibility index (Phi) is 7.81. The van der Waals surface area contributed by atoms with Crippen molar-refractivity contribution >= 4 is 45.9 Å². The summed E-state index contributed by atoms with van der Waals surface area (Å²) in [5.74, 6) is 1.73. The number of benzene rings is 1. The number of furan rings is 1. The van der Waals surface area contributed by atoms with Crippen LogP contribution in [0.3, 0.4) is 0 Å². The monoisotopic (exact) mass is 463 g/mol. The Bertz CT molecular complexity index is 555. The number of guanidine groups is 1. The molecule has 2 rings (SSSR count). The number of hydrogen-bond donors (Lipinski definition) is 1. The molecular weight excluding hydrogens is 445 g/mol. The van der Waals surface area contributed by atoms with Crippen molar-refractivity contribution < 1.29 is 4.42 Å². The largest absolute Gasteiger partial charge is 0.467 e. The Balaban J connectivity index is 0.00000220. The first-order valence-electron chi connectivity index (χ1n) is 6.37. The first-order valence-corrected chi connectivity index (χ1v) is 7.17. The molecule has 114 valence electrons. The topological polar surface area (TPSA) is 40.8 Å². The van der Waals surface area contributed by atoms with Crippen LogP contribution in [0, 0.1) is 0 Å². The Morgan fingerprint density at radius 2 is 2.00 bits per heavy atom. The van der Waals surface area contributed by atoms with Crippen LogP contribution in [0.25, 0.3) is 0 Å². The highest BCUT2D eigenvalue weighted by Gasteiger charge is 2.07. The summed E-state index contributed by atoms with van der Waals surface area (Å²) >= 11 is 3.44. The number of aliphatic imine (C=N–C) groups is 1. The van der Waals surface area contributed by atoms with Crippen LogP contribution in [-0.4, -0.2) is 25.0 Å². The molecule has 0 amide bonds. The molecule has 0 bridgehead atoms. The zero-order valence-corrected chi connectivity index (χ0v) is 16.0. The number of hydrogen-bond acceptors (Lipinski definition) is 2. The summed E-state index contributed by atoms with van der Waals surface area (Å²) in [5, 5.41) is 3.28. The molecule has 1 aromatic heterocycles. The second-order valence-electron chi connectivity index (χ2n) is 4.46. The molecule has 0 aliphatic carbocycles. The van der Waals surface area contributed by atoms with Crippen molar-refractivity contribution in [2.45, 2.75) is 13.1 Å². The Morgan fingerprint density at radius 1 is 1.29 bits per heavy atom. The number of halogens is 2. The van der Waals surface area contributed by atoms with E-state index in [1.807, 2.05) is 31.3 Å². The predicted molar refractivity (Wildman–Crippen MR) is 99.9 cm³/mol. The lowest BCUT2D eigenvalue weighted by Crippen LogP contribution is -2.37. The van der Waals surface area contributed by atoms with Crippen molar-refractivity contribution in [2.75, 3.05) is 14.1 Å². The molecule has 1 aromatic carbocycles. The Labute approximate surface area is 150 Å². The maximum Gasteiger partial charge on any atom is 0.194 e. The van der Waals surface area contributed by atoms with Gasteiger partial charge in [-0.3, -0.25) is 4.99 Å². The first-order chi connectivity index (χ1) is 9.69. The van der Waals surface area contributed by atoms with Crippen molar-refractivity contribution in [1.82, 2.24) is 10.2 Å². The third-order valence-corrected chi connectivity index (χ3v) is 3.44. The van der Waals surface area contributed by atoms with Gasteiger partial charge in [0.2, 0.25) is 0 Å². The molecule has 0 saturated heterocycles. The lowest BCUT2D eigenvalue weighted by atomic mass is 10.2. The minimum Gasteiger partial charge on any atom is -0.467 e. The molecule has 0 aliphatic heterocycles. The van der Waals surface area contributed by atoms with Gasteiger partial charge in [-0.1, -0.05) is 28.1 Å². The molecule has 0 aliphatic rings. The van der Waals surface area contributed by atoms with Crippen LogP contribution in [0.2, 0.25) is 0 Å². The quantitative estimate of drug-likeness (QED) is 0.425. The average Bonchev–Trinajstić information content (AvgIpc) is 2.95. The standard InChI is InChI=1S/C15H18BrN3O.HI/c1-17-15(18-10-14-4-3-9-20-14)19(2)11-12-5-7-13(16)8-6-12;/h3-9H,10-11H2,1-2H3,(H,17,18);1H. The van der Waals surface area contributed by atoms with E-state index in [9.17, 15) is 0 Å². The van der Waals surface area contributed by atoms with Crippen LogP contribution in [0.15, 0.2) is 56.5 Å². The second kappa shape index (κ2) is 9.09. The lowest BCUT2D eigenvalue weighted by Gasteiger charge is -2.21. The summed E-state index contributed by atoms with van der Waals surface area (Å²) in [6, 6.07) is 12.1. The van der Waals surface area contributed by atoms with E-state index in [1.54, 1.807) is 13.3 Å². The van der Waals surface area contributed by atoms with Gasteiger partial charge in [0.25, 0.3) is 0 Å². The van der Waals surface area contributed by atoms with Crippen molar-refractivity contribution in [2.24, 2.45) is 4.99 Å². The van der Waals surface area contributed by atoms with Gasteiger partial charge in [0.05, 0.1) is 12.8 Å². The summed E-state index contributed by atoms with van der Waals surface area (Å²) in [5.41, 5.74) is 1.23. The second-order valence-corrected chi connectivity index (χ2v) is 5.38. The molecule has 0 unspecified atom stereocenters. The van der Waals surface area contributed by atoms with E-state index in [2.05, 4.69) is 43.3 Å². The van der Waals surface area contributed by atoms with E-state index in [0.717, 1.165) is 22.7 Å². The van der Waals surface area contributed by atoms with Gasteiger partial charge < -0.3 is 14.6 Å². The molecule has 1 heterocycles. The highest BCUT2D eigenvalue weighted by molar-refractivity contribution is 14.0. The molecule has 0 fully saturated rings. The maximum atomic E-state index is 5.30. The number of nitrogens with one attached hydrogen (secondary N) is 1. The molecule has 6 heteroatoms. The van der Waals surface area contributed by atoms with E-state index in [4.69, 9.17) is 4.42 Å². The molecule has 0 radical (unpaired) electrons. The maximum absolute atomic E-state index is 5.30. The molecule has 0 atom stereocenters. The van der Waals surface area contributed by atoms with Crippen LogP contribution in [-0.2, 0) is 13.1 Å². The van der Waals surface area contributed by atoms with Gasteiger partial charge in [-0.05, 0) is 29.8 Å². The van der Waals surface area contributed by atoms with E-state index in [-0.39, 0.29) is 24.0 Å². The molecule has 4 nitrogen and oxygen atoms in total. The first kappa shape index (κ1) is 18.0. The molecule has 2 aromatic rings. The molecule has 0 spiro atoms. The summed E-state index contributed by atoms with van der Waals surface area (Å²) in [7, 11) is 3.79. The highest BCUT2D eigenvalue weighted by Crippen LogP contribution is 2.11. The van der Waals surface area contributed by atoms with E-state index < -0.39 is 0 Å².